The van der Waals surface area contributed by atoms with E-state index in [0.29, 0.717) is 18.5 Å². The number of hydrogen-bond donors (Lipinski definition) is 1. The van der Waals surface area contributed by atoms with Crippen LogP contribution >= 0.6 is 0 Å². The Morgan fingerprint density at radius 1 is 1.44 bits per heavy atom. The molecule has 1 aromatic rings. The van der Waals surface area contributed by atoms with Gasteiger partial charge in [0.2, 0.25) is 5.89 Å². The summed E-state index contributed by atoms with van der Waals surface area (Å²) in [5, 5.41) is 9.37. The van der Waals surface area contributed by atoms with Crippen molar-refractivity contribution in [2.75, 3.05) is 6.54 Å². The zero-order chi connectivity index (χ0) is 13.1. The molecular weight excluding hydrogens is 228 g/mol. The second-order valence-electron chi connectivity index (χ2n) is 5.57. The van der Waals surface area contributed by atoms with Gasteiger partial charge in [0.15, 0.2) is 0 Å². The molecule has 2 atom stereocenters. The summed E-state index contributed by atoms with van der Waals surface area (Å²) in [5.41, 5.74) is 0.856. The highest BCUT2D eigenvalue weighted by atomic mass is 16.3. The lowest BCUT2D eigenvalue weighted by Gasteiger charge is -2.36. The molecule has 4 nitrogen and oxygen atoms in total. The Bertz CT molecular complexity index is 374. The van der Waals surface area contributed by atoms with E-state index in [4.69, 9.17) is 4.42 Å². The Morgan fingerprint density at radius 2 is 2.22 bits per heavy atom. The largest absolute Gasteiger partial charge is 0.447 e. The number of likely N-dealkylation sites (tertiary alicyclic amines) is 1. The second kappa shape index (κ2) is 5.85. The fourth-order valence-corrected chi connectivity index (χ4v) is 2.71. The molecule has 1 aromatic heterocycles. The van der Waals surface area contributed by atoms with E-state index in [2.05, 4.69) is 23.7 Å². The van der Waals surface area contributed by atoms with Crippen molar-refractivity contribution in [3.63, 3.8) is 0 Å². The van der Waals surface area contributed by atoms with Crippen LogP contribution in [0.2, 0.25) is 0 Å². The predicted molar refractivity (Wildman–Crippen MR) is 70.3 cm³/mol. The molecule has 2 unspecified atom stereocenters. The summed E-state index contributed by atoms with van der Waals surface area (Å²) in [6.07, 6.45) is 5.51. The third kappa shape index (κ3) is 3.12. The van der Waals surface area contributed by atoms with Crippen LogP contribution in [0, 0.1) is 0 Å². The number of aromatic nitrogens is 1. The summed E-state index contributed by atoms with van der Waals surface area (Å²) >= 11 is 0. The van der Waals surface area contributed by atoms with Crippen LogP contribution in [0.3, 0.4) is 0 Å². The molecule has 102 valence electrons. The van der Waals surface area contributed by atoms with Crippen LogP contribution in [-0.4, -0.2) is 33.7 Å². The predicted octanol–water partition coefficient (Wildman–Crippen LogP) is 2.53. The smallest absolute Gasteiger partial charge is 0.211 e. The highest BCUT2D eigenvalue weighted by molar-refractivity contribution is 5.03. The van der Waals surface area contributed by atoms with Gasteiger partial charge in [-0.2, -0.15) is 0 Å². The molecule has 0 aliphatic carbocycles. The number of oxazole rings is 1. The molecule has 1 aliphatic heterocycles. The monoisotopic (exact) mass is 252 g/mol. The van der Waals surface area contributed by atoms with Crippen LogP contribution in [0.15, 0.2) is 10.7 Å². The SMILES string of the molecule is CC(O)Cc1coc(C2CCCCN2C(C)C)n1. The molecule has 2 heterocycles. The first kappa shape index (κ1) is 13.6. The maximum Gasteiger partial charge on any atom is 0.211 e. The number of aliphatic hydroxyl groups excluding tert-OH is 1. The first-order valence-electron chi connectivity index (χ1n) is 6.96. The van der Waals surface area contributed by atoms with E-state index in [9.17, 15) is 5.11 Å². The van der Waals surface area contributed by atoms with E-state index < -0.39 is 0 Å². The lowest BCUT2D eigenvalue weighted by atomic mass is 10.0. The Balaban J connectivity index is 2.10. The maximum atomic E-state index is 9.37. The van der Waals surface area contributed by atoms with Gasteiger partial charge < -0.3 is 9.52 Å². The van der Waals surface area contributed by atoms with E-state index in [1.807, 2.05) is 0 Å². The molecule has 1 fully saturated rings. The lowest BCUT2D eigenvalue weighted by Crippen LogP contribution is -2.38. The van der Waals surface area contributed by atoms with Gasteiger partial charge in [0.25, 0.3) is 0 Å². The lowest BCUT2D eigenvalue weighted by molar-refractivity contribution is 0.0924. The van der Waals surface area contributed by atoms with Crippen LogP contribution in [0.5, 0.6) is 0 Å². The van der Waals surface area contributed by atoms with Crippen LogP contribution in [0.25, 0.3) is 0 Å². The summed E-state index contributed by atoms with van der Waals surface area (Å²) in [5.74, 6) is 0.819. The minimum atomic E-state index is -0.365. The molecular formula is C14H24N2O2. The maximum absolute atomic E-state index is 9.37. The summed E-state index contributed by atoms with van der Waals surface area (Å²) in [6, 6.07) is 0.823. The molecule has 0 aromatic carbocycles. The first-order valence-corrected chi connectivity index (χ1v) is 6.96. The Kier molecular flexibility index (Phi) is 4.40. The molecule has 1 N–H and O–H groups in total. The zero-order valence-electron chi connectivity index (χ0n) is 11.6. The van der Waals surface area contributed by atoms with Crippen molar-refractivity contribution in [2.45, 2.75) is 64.6 Å². The van der Waals surface area contributed by atoms with E-state index in [1.54, 1.807) is 13.2 Å². The van der Waals surface area contributed by atoms with Crippen LogP contribution in [0.4, 0.5) is 0 Å². The van der Waals surface area contributed by atoms with Gasteiger partial charge in [0.1, 0.15) is 6.26 Å². The van der Waals surface area contributed by atoms with Gasteiger partial charge in [-0.1, -0.05) is 6.42 Å². The highest BCUT2D eigenvalue weighted by Crippen LogP contribution is 2.31. The quantitative estimate of drug-likeness (QED) is 0.894. The van der Waals surface area contributed by atoms with E-state index in [1.165, 1.54) is 12.8 Å². The molecule has 0 amide bonds. The first-order chi connectivity index (χ1) is 8.58. The van der Waals surface area contributed by atoms with Crippen molar-refractivity contribution in [2.24, 2.45) is 0 Å². The van der Waals surface area contributed by atoms with E-state index >= 15 is 0 Å². The van der Waals surface area contributed by atoms with Crippen molar-refractivity contribution in [3.05, 3.63) is 17.8 Å². The number of piperidine rings is 1. The van der Waals surface area contributed by atoms with Crippen molar-refractivity contribution in [1.29, 1.82) is 0 Å². The van der Waals surface area contributed by atoms with Crippen molar-refractivity contribution < 1.29 is 9.52 Å². The van der Waals surface area contributed by atoms with Gasteiger partial charge in [0, 0.05) is 12.5 Å². The average molecular weight is 252 g/mol. The molecule has 0 spiro atoms. The molecule has 1 saturated heterocycles. The van der Waals surface area contributed by atoms with Crippen LogP contribution in [0.1, 0.15) is 57.7 Å². The Morgan fingerprint density at radius 3 is 2.89 bits per heavy atom. The average Bonchev–Trinajstić information content (AvgIpc) is 2.76. The number of aliphatic hydroxyl groups is 1. The fraction of sp³-hybridized carbons (Fsp3) is 0.786. The minimum absolute atomic E-state index is 0.307. The third-order valence-electron chi connectivity index (χ3n) is 3.57. The van der Waals surface area contributed by atoms with E-state index in [-0.39, 0.29) is 6.10 Å². The Labute approximate surface area is 109 Å². The van der Waals surface area contributed by atoms with Gasteiger partial charge in [-0.3, -0.25) is 4.90 Å². The molecule has 18 heavy (non-hydrogen) atoms. The molecule has 0 saturated carbocycles. The fourth-order valence-electron chi connectivity index (χ4n) is 2.71. The van der Waals surface area contributed by atoms with Crippen LogP contribution in [-0.2, 0) is 6.42 Å². The molecule has 1 aliphatic rings. The third-order valence-corrected chi connectivity index (χ3v) is 3.57. The summed E-state index contributed by atoms with van der Waals surface area (Å²) in [6.45, 7) is 7.34. The van der Waals surface area contributed by atoms with Gasteiger partial charge in [0.05, 0.1) is 17.8 Å². The molecule has 2 rings (SSSR count). The van der Waals surface area contributed by atoms with Crippen molar-refractivity contribution >= 4 is 0 Å². The van der Waals surface area contributed by atoms with Gasteiger partial charge in [-0.15, -0.1) is 0 Å². The standard InChI is InChI=1S/C14H24N2O2/c1-10(2)16-7-5-4-6-13(16)14-15-12(9-18-14)8-11(3)17/h9-11,13,17H,4-8H2,1-3H3. The molecule has 4 heteroatoms. The van der Waals surface area contributed by atoms with Gasteiger partial charge in [-0.05, 0) is 40.2 Å². The topological polar surface area (TPSA) is 49.5 Å². The van der Waals surface area contributed by atoms with Crippen LogP contribution < -0.4 is 0 Å². The van der Waals surface area contributed by atoms with Gasteiger partial charge >= 0.3 is 0 Å². The number of rotatable bonds is 4. The second-order valence-corrected chi connectivity index (χ2v) is 5.57. The number of hydrogen-bond acceptors (Lipinski definition) is 4. The normalized spacial score (nSPS) is 23.5. The Hall–Kier alpha value is -0.870. The number of nitrogens with zero attached hydrogens (tertiary/aromatic N) is 2. The molecule has 0 bridgehead atoms. The molecule has 0 radical (unpaired) electrons. The summed E-state index contributed by atoms with van der Waals surface area (Å²) in [7, 11) is 0. The van der Waals surface area contributed by atoms with Gasteiger partial charge in [-0.25, -0.2) is 4.98 Å². The van der Waals surface area contributed by atoms with Crippen molar-refractivity contribution in [1.82, 2.24) is 9.88 Å². The van der Waals surface area contributed by atoms with Crippen molar-refractivity contribution in [3.8, 4) is 0 Å². The highest BCUT2D eigenvalue weighted by Gasteiger charge is 2.29. The summed E-state index contributed by atoms with van der Waals surface area (Å²) < 4.78 is 5.62. The minimum Gasteiger partial charge on any atom is -0.447 e. The van der Waals surface area contributed by atoms with E-state index in [0.717, 1.165) is 24.6 Å². The zero-order valence-corrected chi connectivity index (χ0v) is 11.6. The summed E-state index contributed by atoms with van der Waals surface area (Å²) in [4.78, 5) is 7.00.